The summed E-state index contributed by atoms with van der Waals surface area (Å²) in [5.74, 6) is 0. The van der Waals surface area contributed by atoms with E-state index in [0.717, 1.165) is 6.61 Å². The first-order valence-corrected chi connectivity index (χ1v) is 4.66. The Bertz CT molecular complexity index is 140. The monoisotopic (exact) mass is 155 g/mol. The van der Waals surface area contributed by atoms with Gasteiger partial charge in [0.05, 0.1) is 12.7 Å². The van der Waals surface area contributed by atoms with Gasteiger partial charge in [-0.25, -0.2) is 0 Å². The lowest BCUT2D eigenvalue weighted by molar-refractivity contribution is 0.100. The van der Waals surface area contributed by atoms with Crippen molar-refractivity contribution in [3.05, 3.63) is 0 Å². The number of nitrogens with two attached hydrogens (primary N) is 1. The predicted octanol–water partition coefficient (Wildman–Crippen LogP) is 1.29. The smallest absolute Gasteiger partial charge is 0.0703 e. The summed E-state index contributed by atoms with van der Waals surface area (Å²) in [6, 6.07) is 0. The molecular formula is C9H17NO. The molecule has 1 atom stereocenters. The van der Waals surface area contributed by atoms with Gasteiger partial charge < -0.3 is 10.5 Å². The summed E-state index contributed by atoms with van der Waals surface area (Å²) in [6.07, 6.45) is 7.16. The highest BCUT2D eigenvalue weighted by molar-refractivity contribution is 4.91. The molecule has 0 aromatic rings. The number of rotatable bonds is 1. The third-order valence-corrected chi connectivity index (χ3v) is 3.21. The molecule has 0 amide bonds. The van der Waals surface area contributed by atoms with Gasteiger partial charge in [0.15, 0.2) is 0 Å². The van der Waals surface area contributed by atoms with Crippen LogP contribution < -0.4 is 5.73 Å². The fourth-order valence-corrected chi connectivity index (χ4v) is 2.52. The highest BCUT2D eigenvalue weighted by Gasteiger charge is 2.41. The molecule has 11 heavy (non-hydrogen) atoms. The zero-order chi connectivity index (χ0) is 7.73. The van der Waals surface area contributed by atoms with Crippen LogP contribution in [0.5, 0.6) is 0 Å². The van der Waals surface area contributed by atoms with E-state index in [4.69, 9.17) is 10.5 Å². The molecule has 0 radical (unpaired) electrons. The molecular weight excluding hydrogens is 138 g/mol. The van der Waals surface area contributed by atoms with Crippen LogP contribution in [0.15, 0.2) is 0 Å². The lowest BCUT2D eigenvalue weighted by atomic mass is 9.84. The molecule has 1 unspecified atom stereocenters. The maximum atomic E-state index is 5.61. The van der Waals surface area contributed by atoms with E-state index in [2.05, 4.69) is 0 Å². The zero-order valence-electron chi connectivity index (χ0n) is 7.01. The Hall–Kier alpha value is -0.0800. The lowest BCUT2D eigenvalue weighted by Gasteiger charge is -2.19. The molecule has 0 aromatic heterocycles. The Morgan fingerprint density at radius 1 is 1.36 bits per heavy atom. The molecule has 1 spiro atoms. The van der Waals surface area contributed by atoms with E-state index in [-0.39, 0.29) is 0 Å². The van der Waals surface area contributed by atoms with Gasteiger partial charge in [-0.15, -0.1) is 0 Å². The van der Waals surface area contributed by atoms with Gasteiger partial charge in [0.25, 0.3) is 0 Å². The molecule has 2 rings (SSSR count). The summed E-state index contributed by atoms with van der Waals surface area (Å²) in [5.41, 5.74) is 6.12. The molecule has 2 heteroatoms. The van der Waals surface area contributed by atoms with Crippen molar-refractivity contribution in [3.8, 4) is 0 Å². The topological polar surface area (TPSA) is 35.2 Å². The summed E-state index contributed by atoms with van der Waals surface area (Å²) in [7, 11) is 0. The zero-order valence-corrected chi connectivity index (χ0v) is 7.01. The Morgan fingerprint density at radius 2 is 2.09 bits per heavy atom. The van der Waals surface area contributed by atoms with E-state index < -0.39 is 0 Å². The summed E-state index contributed by atoms with van der Waals surface area (Å²) in [4.78, 5) is 0. The van der Waals surface area contributed by atoms with Gasteiger partial charge in [-0.1, -0.05) is 12.8 Å². The minimum atomic E-state index is 0.369. The van der Waals surface area contributed by atoms with Crippen molar-refractivity contribution < 1.29 is 4.74 Å². The fraction of sp³-hybridized carbons (Fsp3) is 1.00. The van der Waals surface area contributed by atoms with Crippen molar-refractivity contribution in [2.24, 2.45) is 11.1 Å². The largest absolute Gasteiger partial charge is 0.376 e. The second-order valence-electron chi connectivity index (χ2n) is 4.08. The van der Waals surface area contributed by atoms with Crippen LogP contribution in [-0.2, 0) is 4.74 Å². The summed E-state index contributed by atoms with van der Waals surface area (Å²) < 4.78 is 5.61. The molecule has 2 fully saturated rings. The second-order valence-corrected chi connectivity index (χ2v) is 4.08. The Kier molecular flexibility index (Phi) is 1.90. The number of ether oxygens (including phenoxy) is 1. The lowest BCUT2D eigenvalue weighted by Crippen LogP contribution is -2.20. The van der Waals surface area contributed by atoms with Crippen molar-refractivity contribution >= 4 is 0 Å². The molecule has 0 bridgehead atoms. The quantitative estimate of drug-likeness (QED) is 0.619. The van der Waals surface area contributed by atoms with E-state index in [0.29, 0.717) is 18.1 Å². The average molecular weight is 155 g/mol. The van der Waals surface area contributed by atoms with Crippen LogP contribution in [0.4, 0.5) is 0 Å². The van der Waals surface area contributed by atoms with Crippen LogP contribution in [0.1, 0.15) is 32.1 Å². The third-order valence-electron chi connectivity index (χ3n) is 3.21. The number of hydrogen-bond donors (Lipinski definition) is 1. The van der Waals surface area contributed by atoms with Crippen molar-refractivity contribution in [1.82, 2.24) is 0 Å². The van der Waals surface area contributed by atoms with E-state index in [1.54, 1.807) is 0 Å². The molecule has 1 aliphatic heterocycles. The summed E-state index contributed by atoms with van der Waals surface area (Å²) >= 11 is 0. The fourth-order valence-electron chi connectivity index (χ4n) is 2.52. The van der Waals surface area contributed by atoms with Crippen LogP contribution in [0.3, 0.4) is 0 Å². The summed E-state index contributed by atoms with van der Waals surface area (Å²) in [6.45, 7) is 1.69. The SMILES string of the molecule is NCC1CC2(CCCC2)CO1. The van der Waals surface area contributed by atoms with Gasteiger partial charge in [-0.05, 0) is 24.7 Å². The minimum Gasteiger partial charge on any atom is -0.376 e. The van der Waals surface area contributed by atoms with E-state index in [1.807, 2.05) is 0 Å². The van der Waals surface area contributed by atoms with Crippen molar-refractivity contribution in [2.75, 3.05) is 13.2 Å². The van der Waals surface area contributed by atoms with E-state index in [9.17, 15) is 0 Å². The van der Waals surface area contributed by atoms with Crippen LogP contribution in [0.2, 0.25) is 0 Å². The Balaban J connectivity index is 1.96. The standard InChI is InChI=1S/C9H17NO/c10-6-8-5-9(7-11-8)3-1-2-4-9/h8H,1-7,10H2. The molecule has 1 saturated carbocycles. The minimum absolute atomic E-state index is 0.369. The Labute approximate surface area is 68.1 Å². The van der Waals surface area contributed by atoms with E-state index >= 15 is 0 Å². The Morgan fingerprint density at radius 3 is 2.64 bits per heavy atom. The highest BCUT2D eigenvalue weighted by Crippen LogP contribution is 2.46. The van der Waals surface area contributed by atoms with Gasteiger partial charge in [0.2, 0.25) is 0 Å². The van der Waals surface area contributed by atoms with Crippen molar-refractivity contribution in [3.63, 3.8) is 0 Å². The maximum absolute atomic E-state index is 5.61. The van der Waals surface area contributed by atoms with Gasteiger partial charge in [0, 0.05) is 6.54 Å². The van der Waals surface area contributed by atoms with E-state index in [1.165, 1.54) is 32.1 Å². The van der Waals surface area contributed by atoms with Crippen LogP contribution in [-0.4, -0.2) is 19.3 Å². The second kappa shape index (κ2) is 2.76. The van der Waals surface area contributed by atoms with Gasteiger partial charge in [-0.2, -0.15) is 0 Å². The normalized spacial score (nSPS) is 35.2. The number of hydrogen-bond acceptors (Lipinski definition) is 2. The van der Waals surface area contributed by atoms with Crippen LogP contribution in [0, 0.1) is 5.41 Å². The summed E-state index contributed by atoms with van der Waals surface area (Å²) in [5, 5.41) is 0. The maximum Gasteiger partial charge on any atom is 0.0703 e. The third kappa shape index (κ3) is 1.30. The van der Waals surface area contributed by atoms with Crippen LogP contribution >= 0.6 is 0 Å². The highest BCUT2D eigenvalue weighted by atomic mass is 16.5. The van der Waals surface area contributed by atoms with Crippen molar-refractivity contribution in [1.29, 1.82) is 0 Å². The molecule has 1 heterocycles. The first-order valence-electron chi connectivity index (χ1n) is 4.66. The first kappa shape index (κ1) is 7.56. The van der Waals surface area contributed by atoms with Gasteiger partial charge >= 0.3 is 0 Å². The molecule has 64 valence electrons. The molecule has 2 N–H and O–H groups in total. The molecule has 2 nitrogen and oxygen atoms in total. The molecule has 1 saturated heterocycles. The van der Waals surface area contributed by atoms with Crippen molar-refractivity contribution in [2.45, 2.75) is 38.2 Å². The molecule has 1 aliphatic carbocycles. The molecule has 0 aromatic carbocycles. The average Bonchev–Trinajstić information content (AvgIpc) is 2.62. The first-order chi connectivity index (χ1) is 5.35. The van der Waals surface area contributed by atoms with Gasteiger partial charge in [0.1, 0.15) is 0 Å². The predicted molar refractivity (Wildman–Crippen MR) is 44.3 cm³/mol. The van der Waals surface area contributed by atoms with Crippen LogP contribution in [0.25, 0.3) is 0 Å². The van der Waals surface area contributed by atoms with Gasteiger partial charge in [-0.3, -0.25) is 0 Å². The molecule has 2 aliphatic rings.